The van der Waals surface area contributed by atoms with Gasteiger partial charge < -0.3 is 10.6 Å². The van der Waals surface area contributed by atoms with Crippen LogP contribution < -0.4 is 10.6 Å². The second kappa shape index (κ2) is 7.18. The molecule has 2 aromatic rings. The lowest BCUT2D eigenvalue weighted by atomic mass is 10.2. The van der Waals surface area contributed by atoms with E-state index in [0.29, 0.717) is 0 Å². The molecule has 1 amide bonds. The van der Waals surface area contributed by atoms with Gasteiger partial charge in [0.05, 0.1) is 0 Å². The fourth-order valence-electron chi connectivity index (χ4n) is 1.79. The van der Waals surface area contributed by atoms with Crippen molar-refractivity contribution in [3.63, 3.8) is 0 Å². The molecule has 0 fully saturated rings. The van der Waals surface area contributed by atoms with E-state index in [9.17, 15) is 4.79 Å². The summed E-state index contributed by atoms with van der Waals surface area (Å²) in [5, 5.41) is 5.67. The number of nitrogens with one attached hydrogen (secondary N) is 2. The third-order valence-electron chi connectivity index (χ3n) is 2.95. The van der Waals surface area contributed by atoms with Crippen LogP contribution in [0.25, 0.3) is 0 Å². The van der Waals surface area contributed by atoms with Gasteiger partial charge in [-0.15, -0.1) is 0 Å². The number of hydrogen-bond acceptors (Lipinski definition) is 3. The second-order valence-electron chi connectivity index (χ2n) is 4.62. The highest BCUT2D eigenvalue weighted by molar-refractivity contribution is 6.68. The van der Waals surface area contributed by atoms with Gasteiger partial charge in [0.15, 0.2) is 0 Å². The molecule has 1 atom stereocenters. The SMILES string of the molecule is Cc1ccccc1N[C@H](NC(=O)c1ccccn1)C(Cl)(Cl)Cl. The smallest absolute Gasteiger partial charge is 0.271 e. The lowest BCUT2D eigenvalue weighted by molar-refractivity contribution is 0.0937. The molecule has 0 spiro atoms. The maximum atomic E-state index is 12.2. The summed E-state index contributed by atoms with van der Waals surface area (Å²) in [6, 6.07) is 12.5. The van der Waals surface area contributed by atoms with Gasteiger partial charge in [-0.1, -0.05) is 59.1 Å². The lowest BCUT2D eigenvalue weighted by Gasteiger charge is -2.28. The van der Waals surface area contributed by atoms with Crippen LogP contribution in [0.1, 0.15) is 16.1 Å². The van der Waals surface area contributed by atoms with Crippen molar-refractivity contribution in [1.82, 2.24) is 10.3 Å². The zero-order valence-corrected chi connectivity index (χ0v) is 14.0. The minimum Gasteiger partial charge on any atom is -0.362 e. The van der Waals surface area contributed by atoms with E-state index in [-0.39, 0.29) is 5.69 Å². The molecule has 0 unspecified atom stereocenters. The molecule has 1 aromatic heterocycles. The van der Waals surface area contributed by atoms with Gasteiger partial charge in [-0.25, -0.2) is 0 Å². The van der Waals surface area contributed by atoms with E-state index in [1.54, 1.807) is 18.2 Å². The maximum absolute atomic E-state index is 12.2. The number of aromatic nitrogens is 1. The van der Waals surface area contributed by atoms with Gasteiger partial charge >= 0.3 is 0 Å². The van der Waals surface area contributed by atoms with E-state index in [1.807, 2.05) is 31.2 Å². The number of carbonyl (C=O) groups excluding carboxylic acids is 1. The molecule has 7 heteroatoms. The Labute approximate surface area is 143 Å². The Morgan fingerprint density at radius 3 is 2.41 bits per heavy atom. The number of halogens is 3. The average molecular weight is 359 g/mol. The number of anilines is 1. The van der Waals surface area contributed by atoms with Crippen LogP contribution in [-0.2, 0) is 0 Å². The Morgan fingerprint density at radius 1 is 1.14 bits per heavy atom. The van der Waals surface area contributed by atoms with Crippen LogP contribution in [0.2, 0.25) is 0 Å². The number of carbonyl (C=O) groups is 1. The Morgan fingerprint density at radius 2 is 1.82 bits per heavy atom. The van der Waals surface area contributed by atoms with Crippen LogP contribution in [0.15, 0.2) is 48.7 Å². The van der Waals surface area contributed by atoms with E-state index in [0.717, 1.165) is 11.3 Å². The highest BCUT2D eigenvalue weighted by Crippen LogP contribution is 2.31. The first-order valence-electron chi connectivity index (χ1n) is 6.48. The number of hydrogen-bond donors (Lipinski definition) is 2. The van der Waals surface area contributed by atoms with E-state index in [2.05, 4.69) is 15.6 Å². The molecule has 4 nitrogen and oxygen atoms in total. The fraction of sp³-hybridized carbons (Fsp3) is 0.200. The molecule has 22 heavy (non-hydrogen) atoms. The van der Waals surface area contributed by atoms with E-state index in [4.69, 9.17) is 34.8 Å². The topological polar surface area (TPSA) is 54.0 Å². The summed E-state index contributed by atoms with van der Waals surface area (Å²) < 4.78 is -1.73. The number of pyridine rings is 1. The van der Waals surface area contributed by atoms with E-state index >= 15 is 0 Å². The monoisotopic (exact) mass is 357 g/mol. The minimum absolute atomic E-state index is 0.244. The molecule has 2 rings (SSSR count). The lowest BCUT2D eigenvalue weighted by Crippen LogP contribution is -2.49. The predicted molar refractivity (Wildman–Crippen MR) is 90.6 cm³/mol. The number of benzene rings is 1. The van der Waals surface area contributed by atoms with Crippen molar-refractivity contribution in [3.8, 4) is 0 Å². The molecule has 116 valence electrons. The first kappa shape index (κ1) is 16.9. The number of amides is 1. The number of rotatable bonds is 4. The highest BCUT2D eigenvalue weighted by Gasteiger charge is 2.34. The quantitative estimate of drug-likeness (QED) is 0.643. The molecule has 0 bridgehead atoms. The van der Waals surface area contributed by atoms with Crippen molar-refractivity contribution in [2.45, 2.75) is 16.9 Å². The van der Waals surface area contributed by atoms with Gasteiger partial charge in [0.1, 0.15) is 11.9 Å². The zero-order chi connectivity index (χ0) is 16.2. The molecular weight excluding hydrogens is 345 g/mol. The predicted octanol–water partition coefficient (Wildman–Crippen LogP) is 3.93. The summed E-state index contributed by atoms with van der Waals surface area (Å²) >= 11 is 17.9. The van der Waals surface area contributed by atoms with Crippen molar-refractivity contribution in [1.29, 1.82) is 0 Å². The standard InChI is InChI=1S/C15H14Cl3N3O/c1-10-6-2-3-7-11(10)20-14(15(16,17)18)21-13(22)12-8-4-5-9-19-12/h2-9,14,20H,1H3,(H,21,22)/t14-/m1/s1. The summed E-state index contributed by atoms with van der Waals surface area (Å²) in [5.74, 6) is -0.432. The van der Waals surface area contributed by atoms with Gasteiger partial charge in [-0.3, -0.25) is 9.78 Å². The largest absolute Gasteiger partial charge is 0.362 e. The van der Waals surface area contributed by atoms with Crippen molar-refractivity contribution in [2.24, 2.45) is 0 Å². The Hall–Kier alpha value is -1.49. The van der Waals surface area contributed by atoms with Crippen LogP contribution in [0.5, 0.6) is 0 Å². The summed E-state index contributed by atoms with van der Waals surface area (Å²) in [6.45, 7) is 1.92. The highest BCUT2D eigenvalue weighted by atomic mass is 35.6. The molecule has 0 radical (unpaired) electrons. The minimum atomic E-state index is -1.73. The van der Waals surface area contributed by atoms with Crippen LogP contribution >= 0.6 is 34.8 Å². The van der Waals surface area contributed by atoms with Gasteiger partial charge in [0.25, 0.3) is 5.91 Å². The Balaban J connectivity index is 2.18. The number of para-hydroxylation sites is 1. The van der Waals surface area contributed by atoms with Crippen LogP contribution in [0, 0.1) is 6.92 Å². The molecule has 0 aliphatic carbocycles. The molecule has 2 N–H and O–H groups in total. The van der Waals surface area contributed by atoms with Gasteiger partial charge in [0.2, 0.25) is 3.79 Å². The van der Waals surface area contributed by atoms with Crippen molar-refractivity contribution < 1.29 is 4.79 Å². The molecule has 0 saturated carbocycles. The number of alkyl halides is 3. The van der Waals surface area contributed by atoms with E-state index in [1.165, 1.54) is 6.20 Å². The van der Waals surface area contributed by atoms with Crippen LogP contribution in [0.4, 0.5) is 5.69 Å². The third kappa shape index (κ3) is 4.50. The third-order valence-corrected chi connectivity index (χ3v) is 3.60. The fourth-order valence-corrected chi connectivity index (χ4v) is 2.12. The van der Waals surface area contributed by atoms with Crippen molar-refractivity contribution in [2.75, 3.05) is 5.32 Å². The number of nitrogens with zero attached hydrogens (tertiary/aromatic N) is 1. The maximum Gasteiger partial charge on any atom is 0.271 e. The van der Waals surface area contributed by atoms with Crippen molar-refractivity contribution >= 4 is 46.4 Å². The normalized spacial score (nSPS) is 12.5. The first-order chi connectivity index (χ1) is 10.4. The molecule has 0 aliphatic heterocycles. The average Bonchev–Trinajstić information content (AvgIpc) is 2.48. The molecule has 0 aliphatic rings. The summed E-state index contributed by atoms with van der Waals surface area (Å²) in [4.78, 5) is 16.2. The summed E-state index contributed by atoms with van der Waals surface area (Å²) in [6.07, 6.45) is 0.613. The van der Waals surface area contributed by atoms with Gasteiger partial charge in [0, 0.05) is 11.9 Å². The Bertz CT molecular complexity index is 644. The number of aryl methyl sites for hydroxylation is 1. The van der Waals surface area contributed by atoms with E-state index < -0.39 is 15.9 Å². The first-order valence-corrected chi connectivity index (χ1v) is 7.62. The van der Waals surface area contributed by atoms with Gasteiger partial charge in [-0.05, 0) is 30.7 Å². The summed E-state index contributed by atoms with van der Waals surface area (Å²) in [7, 11) is 0. The second-order valence-corrected chi connectivity index (χ2v) is 6.99. The van der Waals surface area contributed by atoms with Gasteiger partial charge in [-0.2, -0.15) is 0 Å². The Kier molecular flexibility index (Phi) is 5.51. The molecular formula is C15H14Cl3N3O. The zero-order valence-electron chi connectivity index (χ0n) is 11.7. The summed E-state index contributed by atoms with van der Waals surface area (Å²) in [5.41, 5.74) is 1.97. The molecule has 0 saturated heterocycles. The van der Waals surface area contributed by atoms with Crippen LogP contribution in [0.3, 0.4) is 0 Å². The molecule has 1 aromatic carbocycles. The van der Waals surface area contributed by atoms with Crippen molar-refractivity contribution in [3.05, 3.63) is 59.9 Å². The molecule has 1 heterocycles. The van der Waals surface area contributed by atoms with Crippen LogP contribution in [-0.4, -0.2) is 20.8 Å².